The third kappa shape index (κ3) is 1.05. The van der Waals surface area contributed by atoms with Gasteiger partial charge in [0, 0.05) is 11.3 Å². The Kier molecular flexibility index (Phi) is 1.91. The molecule has 1 aromatic rings. The number of rotatable bonds is 1. The molecule has 1 saturated carbocycles. The molecule has 0 nitrogen and oxygen atoms in total. The molecule has 0 radical (unpaired) electrons. The van der Waals surface area contributed by atoms with E-state index in [2.05, 4.69) is 26.0 Å². The Morgan fingerprint density at radius 1 is 1.15 bits per heavy atom. The summed E-state index contributed by atoms with van der Waals surface area (Å²) in [5.41, 5.74) is 1.16. The van der Waals surface area contributed by atoms with Gasteiger partial charge in [-0.15, -0.1) is 23.2 Å². The molecule has 1 fully saturated rings. The Bertz CT molecular complexity index is 318. The van der Waals surface area contributed by atoms with E-state index in [0.29, 0.717) is 5.92 Å². The van der Waals surface area contributed by atoms with Gasteiger partial charge in [0.2, 0.25) is 0 Å². The molecule has 0 spiro atoms. The molecule has 0 amide bonds. The van der Waals surface area contributed by atoms with Gasteiger partial charge < -0.3 is 0 Å². The molecule has 0 saturated heterocycles. The standard InChI is InChI=1S/C11H12Cl2/c1-8-10(2,11(8,12)13)9-6-4-3-5-7-9/h3-8H,1-2H3/t8-,10-/m1/s1. The van der Waals surface area contributed by atoms with Gasteiger partial charge in [-0.2, -0.15) is 0 Å². The maximum atomic E-state index is 6.20. The fourth-order valence-electron chi connectivity index (χ4n) is 1.96. The van der Waals surface area contributed by atoms with E-state index in [0.717, 1.165) is 0 Å². The second-order valence-corrected chi connectivity index (χ2v) is 5.30. The molecule has 1 aliphatic carbocycles. The Morgan fingerprint density at radius 2 is 1.62 bits per heavy atom. The van der Waals surface area contributed by atoms with E-state index in [1.165, 1.54) is 5.56 Å². The number of alkyl halides is 2. The van der Waals surface area contributed by atoms with E-state index in [4.69, 9.17) is 23.2 Å². The maximum Gasteiger partial charge on any atom is 0.131 e. The van der Waals surface area contributed by atoms with Gasteiger partial charge in [-0.25, -0.2) is 0 Å². The molecule has 2 atom stereocenters. The first-order valence-corrected chi connectivity index (χ1v) is 5.20. The smallest absolute Gasteiger partial charge is 0.100 e. The third-order valence-electron chi connectivity index (χ3n) is 3.39. The zero-order valence-electron chi connectivity index (χ0n) is 7.72. The van der Waals surface area contributed by atoms with Crippen molar-refractivity contribution in [2.75, 3.05) is 0 Å². The molecule has 0 unspecified atom stereocenters. The van der Waals surface area contributed by atoms with Crippen LogP contribution in [0.4, 0.5) is 0 Å². The lowest BCUT2D eigenvalue weighted by molar-refractivity contribution is 0.700. The van der Waals surface area contributed by atoms with Crippen LogP contribution in [0, 0.1) is 5.92 Å². The molecule has 1 aromatic carbocycles. The lowest BCUT2D eigenvalue weighted by Gasteiger charge is -2.11. The molecule has 0 bridgehead atoms. The van der Waals surface area contributed by atoms with Crippen LogP contribution in [0.1, 0.15) is 19.4 Å². The van der Waals surface area contributed by atoms with Crippen LogP contribution >= 0.6 is 23.2 Å². The predicted octanol–water partition coefficient (Wildman–Crippen LogP) is 3.77. The fourth-order valence-corrected chi connectivity index (χ4v) is 2.84. The highest BCUT2D eigenvalue weighted by Gasteiger charge is 2.71. The van der Waals surface area contributed by atoms with Gasteiger partial charge in [-0.1, -0.05) is 44.2 Å². The molecule has 0 N–H and O–H groups in total. The highest BCUT2D eigenvalue weighted by atomic mass is 35.5. The van der Waals surface area contributed by atoms with Gasteiger partial charge in [-0.3, -0.25) is 0 Å². The summed E-state index contributed by atoms with van der Waals surface area (Å²) in [6.07, 6.45) is 0. The summed E-state index contributed by atoms with van der Waals surface area (Å²) in [5, 5.41) is 0. The lowest BCUT2D eigenvalue weighted by atomic mass is 9.96. The molecule has 2 heteroatoms. The zero-order chi connectivity index (χ0) is 9.69. The third-order valence-corrected chi connectivity index (χ3v) is 4.83. The minimum absolute atomic E-state index is 0.0721. The quantitative estimate of drug-likeness (QED) is 0.625. The second-order valence-electron chi connectivity index (χ2n) is 3.91. The first-order valence-electron chi connectivity index (χ1n) is 4.44. The zero-order valence-corrected chi connectivity index (χ0v) is 9.23. The average Bonchev–Trinajstić information content (AvgIpc) is 2.53. The normalized spacial score (nSPS) is 35.8. The molecule has 1 aliphatic rings. The molecule has 70 valence electrons. The van der Waals surface area contributed by atoms with Crippen molar-refractivity contribution in [3.8, 4) is 0 Å². The summed E-state index contributed by atoms with van der Waals surface area (Å²) >= 11 is 12.4. The van der Waals surface area contributed by atoms with Crippen LogP contribution < -0.4 is 0 Å². The number of benzene rings is 1. The minimum atomic E-state index is -0.589. The van der Waals surface area contributed by atoms with Crippen LogP contribution in [0.25, 0.3) is 0 Å². The van der Waals surface area contributed by atoms with E-state index in [1.807, 2.05) is 18.2 Å². The van der Waals surface area contributed by atoms with Crippen LogP contribution in [0.2, 0.25) is 0 Å². The Balaban J connectivity index is 2.40. The monoisotopic (exact) mass is 214 g/mol. The Hall–Kier alpha value is -0.200. The summed E-state index contributed by atoms with van der Waals surface area (Å²) in [6, 6.07) is 10.2. The van der Waals surface area contributed by atoms with Gasteiger partial charge in [0.05, 0.1) is 0 Å². The predicted molar refractivity (Wildman–Crippen MR) is 57.4 cm³/mol. The van der Waals surface area contributed by atoms with Crippen LogP contribution in [0.5, 0.6) is 0 Å². The van der Waals surface area contributed by atoms with Crippen LogP contribution in [-0.2, 0) is 5.41 Å². The minimum Gasteiger partial charge on any atom is -0.100 e. The van der Waals surface area contributed by atoms with Crippen molar-refractivity contribution in [1.29, 1.82) is 0 Å². The topological polar surface area (TPSA) is 0 Å². The van der Waals surface area contributed by atoms with Crippen molar-refractivity contribution < 1.29 is 0 Å². The van der Waals surface area contributed by atoms with E-state index < -0.39 is 4.33 Å². The van der Waals surface area contributed by atoms with Gasteiger partial charge in [0.25, 0.3) is 0 Å². The summed E-state index contributed by atoms with van der Waals surface area (Å²) in [6.45, 7) is 4.21. The molecule has 0 heterocycles. The fraction of sp³-hybridized carbons (Fsp3) is 0.455. The van der Waals surface area contributed by atoms with Gasteiger partial charge in [0.15, 0.2) is 0 Å². The van der Waals surface area contributed by atoms with Crippen molar-refractivity contribution in [3.63, 3.8) is 0 Å². The van der Waals surface area contributed by atoms with Crippen molar-refractivity contribution in [1.82, 2.24) is 0 Å². The summed E-state index contributed by atoms with van der Waals surface area (Å²) in [4.78, 5) is 0. The molecular formula is C11H12Cl2. The van der Waals surface area contributed by atoms with Gasteiger partial charge in [0.1, 0.15) is 4.33 Å². The summed E-state index contributed by atoms with van der Waals surface area (Å²) in [5.74, 6) is 0.325. The summed E-state index contributed by atoms with van der Waals surface area (Å²) in [7, 11) is 0. The summed E-state index contributed by atoms with van der Waals surface area (Å²) < 4.78 is -0.589. The van der Waals surface area contributed by atoms with Crippen LogP contribution in [0.3, 0.4) is 0 Å². The number of hydrogen-bond donors (Lipinski definition) is 0. The van der Waals surface area contributed by atoms with Crippen molar-refractivity contribution >= 4 is 23.2 Å². The number of halogens is 2. The first kappa shape index (κ1) is 9.36. The second kappa shape index (κ2) is 2.65. The average molecular weight is 215 g/mol. The SMILES string of the molecule is C[C@H]1C(Cl)(Cl)[C@@]1(C)c1ccccc1. The van der Waals surface area contributed by atoms with Crippen molar-refractivity contribution in [2.24, 2.45) is 5.92 Å². The van der Waals surface area contributed by atoms with Crippen molar-refractivity contribution in [2.45, 2.75) is 23.6 Å². The van der Waals surface area contributed by atoms with Crippen molar-refractivity contribution in [3.05, 3.63) is 35.9 Å². The molecule has 0 aromatic heterocycles. The van der Waals surface area contributed by atoms with Gasteiger partial charge in [-0.05, 0) is 5.56 Å². The largest absolute Gasteiger partial charge is 0.131 e. The highest BCUT2D eigenvalue weighted by Crippen LogP contribution is 2.69. The first-order chi connectivity index (χ1) is 6.01. The molecule has 0 aliphatic heterocycles. The van der Waals surface area contributed by atoms with Crippen LogP contribution in [0.15, 0.2) is 30.3 Å². The maximum absolute atomic E-state index is 6.20. The highest BCUT2D eigenvalue weighted by molar-refractivity contribution is 6.52. The van der Waals surface area contributed by atoms with E-state index >= 15 is 0 Å². The van der Waals surface area contributed by atoms with E-state index in [-0.39, 0.29) is 5.41 Å². The van der Waals surface area contributed by atoms with E-state index in [9.17, 15) is 0 Å². The number of hydrogen-bond acceptors (Lipinski definition) is 0. The molecular weight excluding hydrogens is 203 g/mol. The Morgan fingerprint density at radius 3 is 2.00 bits per heavy atom. The van der Waals surface area contributed by atoms with E-state index in [1.54, 1.807) is 0 Å². The van der Waals surface area contributed by atoms with Crippen LogP contribution in [-0.4, -0.2) is 4.33 Å². The Labute approximate surface area is 88.9 Å². The lowest BCUT2D eigenvalue weighted by Crippen LogP contribution is -2.09. The molecule has 13 heavy (non-hydrogen) atoms. The van der Waals surface area contributed by atoms with Gasteiger partial charge >= 0.3 is 0 Å². The molecule has 2 rings (SSSR count).